The molecule has 20 heavy (non-hydrogen) atoms. The van der Waals surface area contributed by atoms with Gasteiger partial charge in [0.25, 0.3) is 0 Å². The highest BCUT2D eigenvalue weighted by Crippen LogP contribution is 2.33. The predicted molar refractivity (Wildman–Crippen MR) is 92.2 cm³/mol. The Labute approximate surface area is 130 Å². The first kappa shape index (κ1) is 17.2. The van der Waals surface area contributed by atoms with E-state index in [1.807, 2.05) is 0 Å². The van der Waals surface area contributed by atoms with Gasteiger partial charge in [0.1, 0.15) is 0 Å². The average Bonchev–Trinajstić information content (AvgIpc) is 2.49. The molecule has 0 amide bonds. The largest absolute Gasteiger partial charge is 0.383 e. The summed E-state index contributed by atoms with van der Waals surface area (Å²) in [7, 11) is 0. The second kappa shape index (κ2) is 7.78. The number of para-hydroxylation sites is 2. The van der Waals surface area contributed by atoms with Gasteiger partial charge in [-0.3, -0.25) is 0 Å². The zero-order chi connectivity index (χ0) is 13.8. The maximum absolute atomic E-state index is 3.59. The minimum atomic E-state index is 0. The maximum Gasteiger partial charge on any atom is 0.0604 e. The van der Waals surface area contributed by atoms with Crippen LogP contribution >= 0.6 is 12.4 Å². The van der Waals surface area contributed by atoms with E-state index in [1.165, 1.54) is 24.2 Å². The SMILES string of the molecule is CC(C)CC1CCNc2ccccc2N1CC(C)C.Cl. The summed E-state index contributed by atoms with van der Waals surface area (Å²) >= 11 is 0. The lowest BCUT2D eigenvalue weighted by molar-refractivity contribution is 0.435. The fourth-order valence-electron chi connectivity index (χ4n) is 3.03. The summed E-state index contributed by atoms with van der Waals surface area (Å²) in [6.07, 6.45) is 2.52. The minimum absolute atomic E-state index is 0. The molecule has 0 saturated heterocycles. The van der Waals surface area contributed by atoms with Crippen LogP contribution in [0.4, 0.5) is 11.4 Å². The highest BCUT2D eigenvalue weighted by atomic mass is 35.5. The van der Waals surface area contributed by atoms with Gasteiger partial charge in [0.05, 0.1) is 11.4 Å². The van der Waals surface area contributed by atoms with E-state index in [0.29, 0.717) is 12.0 Å². The number of nitrogens with zero attached hydrogens (tertiary/aromatic N) is 1. The normalized spacial score (nSPS) is 18.3. The number of halogens is 1. The van der Waals surface area contributed by atoms with Crippen molar-refractivity contribution in [3.05, 3.63) is 24.3 Å². The van der Waals surface area contributed by atoms with Crippen LogP contribution in [0.3, 0.4) is 0 Å². The Morgan fingerprint density at radius 2 is 1.85 bits per heavy atom. The van der Waals surface area contributed by atoms with Crippen molar-refractivity contribution < 1.29 is 0 Å². The molecule has 1 atom stereocenters. The number of nitrogens with one attached hydrogen (secondary N) is 1. The summed E-state index contributed by atoms with van der Waals surface area (Å²) < 4.78 is 0. The molecular formula is C17H29ClN2. The number of hydrogen-bond acceptors (Lipinski definition) is 2. The van der Waals surface area contributed by atoms with Crippen molar-refractivity contribution in [2.24, 2.45) is 11.8 Å². The molecule has 1 unspecified atom stereocenters. The highest BCUT2D eigenvalue weighted by molar-refractivity contribution is 5.85. The molecule has 1 aliphatic heterocycles. The molecule has 1 heterocycles. The molecule has 114 valence electrons. The van der Waals surface area contributed by atoms with Crippen LogP contribution in [0.25, 0.3) is 0 Å². The summed E-state index contributed by atoms with van der Waals surface area (Å²) in [5.74, 6) is 1.45. The molecule has 0 spiro atoms. The van der Waals surface area contributed by atoms with Gasteiger partial charge in [-0.1, -0.05) is 39.8 Å². The minimum Gasteiger partial charge on any atom is -0.383 e. The third-order valence-electron chi connectivity index (χ3n) is 3.75. The van der Waals surface area contributed by atoms with Gasteiger partial charge < -0.3 is 10.2 Å². The fourth-order valence-corrected chi connectivity index (χ4v) is 3.03. The second-order valence-electron chi connectivity index (χ2n) is 6.56. The molecular weight excluding hydrogens is 268 g/mol. The van der Waals surface area contributed by atoms with Crippen LogP contribution in [-0.2, 0) is 0 Å². The highest BCUT2D eigenvalue weighted by Gasteiger charge is 2.25. The molecule has 1 aromatic carbocycles. The van der Waals surface area contributed by atoms with Crippen LogP contribution in [-0.4, -0.2) is 19.1 Å². The lowest BCUT2D eigenvalue weighted by atomic mass is 9.98. The van der Waals surface area contributed by atoms with Crippen molar-refractivity contribution in [3.63, 3.8) is 0 Å². The van der Waals surface area contributed by atoms with Crippen molar-refractivity contribution >= 4 is 23.8 Å². The second-order valence-corrected chi connectivity index (χ2v) is 6.56. The Bertz CT molecular complexity index is 404. The van der Waals surface area contributed by atoms with Gasteiger partial charge in [0.2, 0.25) is 0 Å². The lowest BCUT2D eigenvalue weighted by Crippen LogP contribution is -2.38. The van der Waals surface area contributed by atoms with Crippen LogP contribution in [0.15, 0.2) is 24.3 Å². The van der Waals surface area contributed by atoms with Gasteiger partial charge in [0, 0.05) is 19.1 Å². The van der Waals surface area contributed by atoms with Crippen LogP contribution in [0.5, 0.6) is 0 Å². The fraction of sp³-hybridized carbons (Fsp3) is 0.647. The summed E-state index contributed by atoms with van der Waals surface area (Å²) in [5.41, 5.74) is 2.69. The van der Waals surface area contributed by atoms with Gasteiger partial charge in [-0.25, -0.2) is 0 Å². The van der Waals surface area contributed by atoms with Crippen LogP contribution in [0.1, 0.15) is 40.5 Å². The van der Waals surface area contributed by atoms with E-state index >= 15 is 0 Å². The topological polar surface area (TPSA) is 15.3 Å². The summed E-state index contributed by atoms with van der Waals surface area (Å²) in [6, 6.07) is 9.43. The number of anilines is 2. The standard InChI is InChI=1S/C17H28N2.ClH/c1-13(2)11-15-9-10-18-16-7-5-6-8-17(16)19(15)12-14(3)4;/h5-8,13-15,18H,9-12H2,1-4H3;1H. The third-order valence-corrected chi connectivity index (χ3v) is 3.75. The van der Waals surface area contributed by atoms with E-state index in [2.05, 4.69) is 62.2 Å². The molecule has 0 aromatic heterocycles. The molecule has 3 heteroatoms. The van der Waals surface area contributed by atoms with Crippen molar-refractivity contribution in [1.82, 2.24) is 0 Å². The smallest absolute Gasteiger partial charge is 0.0604 e. The van der Waals surface area contributed by atoms with Gasteiger partial charge in [-0.2, -0.15) is 0 Å². The van der Waals surface area contributed by atoms with E-state index in [4.69, 9.17) is 0 Å². The predicted octanol–water partition coefficient (Wildman–Crippen LogP) is 4.80. The Hall–Kier alpha value is -0.890. The molecule has 0 aliphatic carbocycles. The first-order chi connectivity index (χ1) is 9.08. The number of fused-ring (bicyclic) bond motifs is 1. The zero-order valence-corrected chi connectivity index (χ0v) is 14.0. The van der Waals surface area contributed by atoms with Gasteiger partial charge in [0.15, 0.2) is 0 Å². The van der Waals surface area contributed by atoms with Gasteiger partial charge in [-0.05, 0) is 36.8 Å². The van der Waals surface area contributed by atoms with Crippen LogP contribution in [0.2, 0.25) is 0 Å². The number of benzene rings is 1. The van der Waals surface area contributed by atoms with E-state index in [1.54, 1.807) is 0 Å². The first-order valence-electron chi connectivity index (χ1n) is 7.67. The number of hydrogen-bond donors (Lipinski definition) is 1. The van der Waals surface area contributed by atoms with E-state index in [9.17, 15) is 0 Å². The Morgan fingerprint density at radius 3 is 2.50 bits per heavy atom. The molecule has 2 rings (SSSR count). The summed E-state index contributed by atoms with van der Waals surface area (Å²) in [4.78, 5) is 2.64. The third kappa shape index (κ3) is 4.31. The molecule has 0 bridgehead atoms. The molecule has 1 aliphatic rings. The van der Waals surface area contributed by atoms with Crippen LogP contribution < -0.4 is 10.2 Å². The lowest BCUT2D eigenvalue weighted by Gasteiger charge is -2.35. The molecule has 0 saturated carbocycles. The Morgan fingerprint density at radius 1 is 1.15 bits per heavy atom. The quantitative estimate of drug-likeness (QED) is 0.858. The van der Waals surface area contributed by atoms with Crippen molar-refractivity contribution in [2.75, 3.05) is 23.3 Å². The molecule has 1 aromatic rings. The van der Waals surface area contributed by atoms with Gasteiger partial charge in [-0.15, -0.1) is 12.4 Å². The van der Waals surface area contributed by atoms with E-state index in [-0.39, 0.29) is 12.4 Å². The van der Waals surface area contributed by atoms with Crippen molar-refractivity contribution in [2.45, 2.75) is 46.6 Å². The first-order valence-corrected chi connectivity index (χ1v) is 7.67. The average molecular weight is 297 g/mol. The van der Waals surface area contributed by atoms with E-state index < -0.39 is 0 Å². The Balaban J connectivity index is 0.00000200. The summed E-state index contributed by atoms with van der Waals surface area (Å²) in [5, 5.41) is 3.59. The monoisotopic (exact) mass is 296 g/mol. The summed E-state index contributed by atoms with van der Waals surface area (Å²) in [6.45, 7) is 11.5. The number of rotatable bonds is 4. The van der Waals surface area contributed by atoms with Crippen molar-refractivity contribution in [3.8, 4) is 0 Å². The maximum atomic E-state index is 3.59. The van der Waals surface area contributed by atoms with E-state index in [0.717, 1.165) is 19.0 Å². The molecule has 0 radical (unpaired) electrons. The molecule has 0 fully saturated rings. The Kier molecular flexibility index (Phi) is 6.67. The molecule has 1 N–H and O–H groups in total. The van der Waals surface area contributed by atoms with Gasteiger partial charge >= 0.3 is 0 Å². The van der Waals surface area contributed by atoms with Crippen LogP contribution in [0, 0.1) is 11.8 Å². The zero-order valence-electron chi connectivity index (χ0n) is 13.2. The van der Waals surface area contributed by atoms with Crippen molar-refractivity contribution in [1.29, 1.82) is 0 Å². The molecule has 2 nitrogen and oxygen atoms in total.